The molecule has 9 nitrogen and oxygen atoms in total. The van der Waals surface area contributed by atoms with Gasteiger partial charge in [-0.05, 0) is 55.1 Å². The van der Waals surface area contributed by atoms with Crippen LogP contribution < -0.4 is 9.64 Å². The van der Waals surface area contributed by atoms with Crippen LogP contribution in [0.15, 0.2) is 30.6 Å². The van der Waals surface area contributed by atoms with Gasteiger partial charge in [0, 0.05) is 32.2 Å². The quantitative estimate of drug-likeness (QED) is 0.340. The number of nitrogens with zero attached hydrogens (tertiary/aromatic N) is 7. The van der Waals surface area contributed by atoms with Crippen LogP contribution in [0.5, 0.6) is 5.75 Å². The first-order valence-electron chi connectivity index (χ1n) is 14.1. The Bertz CT molecular complexity index is 1430. The van der Waals surface area contributed by atoms with Crippen molar-refractivity contribution in [2.75, 3.05) is 31.1 Å². The number of anilines is 1. The summed E-state index contributed by atoms with van der Waals surface area (Å²) in [5.41, 5.74) is 0.202. The van der Waals surface area contributed by atoms with Crippen molar-refractivity contribution in [1.29, 1.82) is 0 Å². The standard InChI is InChI=1S/C28H30ClF4N7O2/c29-20-14-34-27(35-15-20)38-6-3-17(4-7-38)22-11-18(22)5-10-42-21-2-1-19(23(30)13-21)12-25(41)39-8-9-40-24(16-39)36-37-26(40)28(31,32)33/h1-2,13-15,17-18,22H,3-12,16H2/t18-,22?/m1/s1. The Morgan fingerprint density at radius 2 is 1.83 bits per heavy atom. The monoisotopic (exact) mass is 607 g/mol. The molecule has 2 aromatic heterocycles. The number of ether oxygens (including phenoxy) is 1. The number of hydrogen-bond donors (Lipinski definition) is 0. The van der Waals surface area contributed by atoms with Gasteiger partial charge >= 0.3 is 6.18 Å². The average Bonchev–Trinajstić information content (AvgIpc) is 3.60. The fourth-order valence-electron chi connectivity index (χ4n) is 6.12. The first kappa shape index (κ1) is 28.6. The first-order valence-corrected chi connectivity index (χ1v) is 14.4. The zero-order valence-corrected chi connectivity index (χ0v) is 23.5. The number of aromatic nitrogens is 5. The summed E-state index contributed by atoms with van der Waals surface area (Å²) >= 11 is 5.89. The Kier molecular flexibility index (Phi) is 7.95. The highest BCUT2D eigenvalue weighted by Gasteiger charge is 2.43. The van der Waals surface area contributed by atoms with Crippen molar-refractivity contribution in [3.05, 3.63) is 58.6 Å². The highest BCUT2D eigenvalue weighted by atomic mass is 35.5. The molecule has 6 rings (SSSR count). The minimum absolute atomic E-state index is 0.0574. The van der Waals surface area contributed by atoms with Crippen molar-refractivity contribution in [3.8, 4) is 5.75 Å². The molecular weight excluding hydrogens is 578 g/mol. The van der Waals surface area contributed by atoms with Crippen LogP contribution >= 0.6 is 11.6 Å². The predicted molar refractivity (Wildman–Crippen MR) is 144 cm³/mol. The number of halogens is 5. The summed E-state index contributed by atoms with van der Waals surface area (Å²) in [5, 5.41) is 7.33. The van der Waals surface area contributed by atoms with Gasteiger partial charge in [-0.15, -0.1) is 10.2 Å². The molecule has 0 N–H and O–H groups in total. The van der Waals surface area contributed by atoms with Gasteiger partial charge in [-0.3, -0.25) is 4.79 Å². The van der Waals surface area contributed by atoms with Crippen LogP contribution in [0.1, 0.15) is 42.9 Å². The Morgan fingerprint density at radius 3 is 2.55 bits per heavy atom. The lowest BCUT2D eigenvalue weighted by Gasteiger charge is -2.32. The number of rotatable bonds is 8. The van der Waals surface area contributed by atoms with Gasteiger partial charge in [0.2, 0.25) is 17.7 Å². The van der Waals surface area contributed by atoms with Crippen molar-refractivity contribution >= 4 is 23.5 Å². The number of carbonyl (C=O) groups excluding carboxylic acids is 1. The molecule has 0 spiro atoms. The second-order valence-electron chi connectivity index (χ2n) is 11.2. The third-order valence-electron chi connectivity index (χ3n) is 8.49. The van der Waals surface area contributed by atoms with Gasteiger partial charge in [0.05, 0.1) is 37.0 Å². The van der Waals surface area contributed by atoms with Crippen LogP contribution in [0.4, 0.5) is 23.5 Å². The third-order valence-corrected chi connectivity index (χ3v) is 8.69. The molecule has 224 valence electrons. The summed E-state index contributed by atoms with van der Waals surface area (Å²) < 4.78 is 60.8. The molecule has 3 aliphatic rings. The van der Waals surface area contributed by atoms with Gasteiger partial charge in [0.25, 0.3) is 0 Å². The molecular formula is C28H30ClF4N7O2. The van der Waals surface area contributed by atoms with Gasteiger partial charge in [-0.25, -0.2) is 14.4 Å². The summed E-state index contributed by atoms with van der Waals surface area (Å²) in [7, 11) is 0. The molecule has 14 heteroatoms. The van der Waals surface area contributed by atoms with E-state index in [0.717, 1.165) is 42.9 Å². The highest BCUT2D eigenvalue weighted by molar-refractivity contribution is 6.30. The topological polar surface area (TPSA) is 89.3 Å². The normalized spacial score (nSPS) is 20.9. The second kappa shape index (κ2) is 11.7. The molecule has 1 amide bonds. The lowest BCUT2D eigenvalue weighted by atomic mass is 9.90. The molecule has 2 atom stereocenters. The van der Waals surface area contributed by atoms with E-state index in [1.54, 1.807) is 18.5 Å². The average molecular weight is 608 g/mol. The van der Waals surface area contributed by atoms with Crippen molar-refractivity contribution in [2.24, 2.45) is 17.8 Å². The number of amides is 1. The Balaban J connectivity index is 0.930. The van der Waals surface area contributed by atoms with Crippen LogP contribution in [0.3, 0.4) is 0 Å². The van der Waals surface area contributed by atoms with E-state index in [1.165, 1.54) is 23.5 Å². The molecule has 42 heavy (non-hydrogen) atoms. The Labute approximate surface area is 244 Å². The molecule has 3 aromatic rings. The maximum Gasteiger partial charge on any atom is 0.451 e. The van der Waals surface area contributed by atoms with Gasteiger partial charge < -0.3 is 19.1 Å². The van der Waals surface area contributed by atoms with Crippen molar-refractivity contribution in [1.82, 2.24) is 29.6 Å². The van der Waals surface area contributed by atoms with E-state index >= 15 is 0 Å². The van der Waals surface area contributed by atoms with Crippen molar-refractivity contribution < 1.29 is 27.1 Å². The second-order valence-corrected chi connectivity index (χ2v) is 11.6. The maximum absolute atomic E-state index is 14.8. The number of hydrogen-bond acceptors (Lipinski definition) is 7. The maximum atomic E-state index is 14.8. The summed E-state index contributed by atoms with van der Waals surface area (Å²) in [6, 6.07) is 4.45. The molecule has 1 aliphatic carbocycles. The predicted octanol–water partition coefficient (Wildman–Crippen LogP) is 4.79. The summed E-state index contributed by atoms with van der Waals surface area (Å²) in [5.74, 6) is 1.14. The van der Waals surface area contributed by atoms with Gasteiger partial charge in [-0.2, -0.15) is 13.2 Å². The van der Waals surface area contributed by atoms with E-state index in [2.05, 4.69) is 25.1 Å². The lowest BCUT2D eigenvalue weighted by Crippen LogP contribution is -2.40. The number of fused-ring (bicyclic) bond motifs is 1. The number of benzene rings is 1. The zero-order valence-electron chi connectivity index (χ0n) is 22.7. The van der Waals surface area contributed by atoms with E-state index in [4.69, 9.17) is 16.3 Å². The number of piperidine rings is 1. The van der Waals surface area contributed by atoms with Gasteiger partial charge in [0.1, 0.15) is 11.6 Å². The Hall–Kier alpha value is -3.48. The highest BCUT2D eigenvalue weighted by Crippen LogP contribution is 2.50. The minimum Gasteiger partial charge on any atom is -0.493 e. The fourth-order valence-corrected chi connectivity index (χ4v) is 6.22. The SMILES string of the molecule is O=C(Cc1ccc(OCC[C@@H]2CC2C2CCN(c3ncc(Cl)cn3)CC2)cc1F)N1CCn2c(nnc2C(F)(F)F)C1. The van der Waals surface area contributed by atoms with E-state index in [9.17, 15) is 22.4 Å². The van der Waals surface area contributed by atoms with Crippen LogP contribution in [-0.4, -0.2) is 61.8 Å². The summed E-state index contributed by atoms with van der Waals surface area (Å²) in [6.07, 6.45) is 2.72. The Morgan fingerprint density at radius 1 is 1.07 bits per heavy atom. The smallest absolute Gasteiger partial charge is 0.451 e. The fraction of sp³-hybridized carbons (Fsp3) is 0.536. The van der Waals surface area contributed by atoms with E-state index in [-0.39, 0.29) is 37.4 Å². The van der Waals surface area contributed by atoms with Gasteiger partial charge in [0.15, 0.2) is 5.82 Å². The van der Waals surface area contributed by atoms with E-state index in [0.29, 0.717) is 35.1 Å². The molecule has 4 heterocycles. The largest absolute Gasteiger partial charge is 0.493 e. The van der Waals surface area contributed by atoms with E-state index < -0.39 is 23.7 Å². The number of carbonyl (C=O) groups is 1. The lowest BCUT2D eigenvalue weighted by molar-refractivity contribution is -0.148. The molecule has 2 fully saturated rings. The first-order chi connectivity index (χ1) is 20.2. The van der Waals surface area contributed by atoms with Crippen LogP contribution in [0.25, 0.3) is 0 Å². The minimum atomic E-state index is -4.61. The molecule has 1 saturated heterocycles. The van der Waals surface area contributed by atoms with Crippen LogP contribution in [0, 0.1) is 23.6 Å². The van der Waals surface area contributed by atoms with Crippen molar-refractivity contribution in [3.63, 3.8) is 0 Å². The molecule has 0 radical (unpaired) electrons. The van der Waals surface area contributed by atoms with Crippen LogP contribution in [0.2, 0.25) is 5.02 Å². The molecule has 2 aliphatic heterocycles. The molecule has 1 aromatic carbocycles. The third kappa shape index (κ3) is 6.30. The molecule has 0 bridgehead atoms. The van der Waals surface area contributed by atoms with E-state index in [1.807, 2.05) is 0 Å². The van der Waals surface area contributed by atoms with Gasteiger partial charge in [-0.1, -0.05) is 17.7 Å². The van der Waals surface area contributed by atoms with Crippen molar-refractivity contribution in [2.45, 2.75) is 51.4 Å². The molecule has 1 saturated carbocycles. The number of alkyl halides is 3. The summed E-state index contributed by atoms with van der Waals surface area (Å²) in [6.45, 7) is 2.23. The summed E-state index contributed by atoms with van der Waals surface area (Å²) in [4.78, 5) is 25.0. The zero-order chi connectivity index (χ0) is 29.4. The van der Waals surface area contributed by atoms with Crippen LogP contribution in [-0.2, 0) is 30.5 Å². The molecule has 1 unspecified atom stereocenters.